The molecule has 7 nitrogen and oxygen atoms in total. The number of aliphatic hydroxyl groups excluding tert-OH is 1. The number of benzene rings is 2. The molecule has 9 heteroatoms. The van der Waals surface area contributed by atoms with E-state index < -0.39 is 0 Å². The molecule has 0 aliphatic carbocycles. The van der Waals surface area contributed by atoms with Gasteiger partial charge in [0, 0.05) is 44.1 Å². The number of hydrogen-bond donors (Lipinski definition) is 3. The number of aromatic nitrogens is 1. The Labute approximate surface area is 203 Å². The van der Waals surface area contributed by atoms with Crippen molar-refractivity contribution in [3.63, 3.8) is 0 Å². The van der Waals surface area contributed by atoms with Crippen LogP contribution in [0.3, 0.4) is 0 Å². The highest BCUT2D eigenvalue weighted by Gasteiger charge is 2.18. The van der Waals surface area contributed by atoms with Crippen LogP contribution in [0.5, 0.6) is 0 Å². The summed E-state index contributed by atoms with van der Waals surface area (Å²) in [7, 11) is 0. The summed E-state index contributed by atoms with van der Waals surface area (Å²) < 4.78 is 0. The van der Waals surface area contributed by atoms with Gasteiger partial charge < -0.3 is 20.6 Å². The molecule has 4 rings (SSSR count). The molecule has 33 heavy (non-hydrogen) atoms. The maximum absolute atomic E-state index is 12.7. The second kappa shape index (κ2) is 10.5. The third-order valence-corrected chi connectivity index (χ3v) is 6.88. The zero-order valence-electron chi connectivity index (χ0n) is 18.8. The standard InChI is InChI=1S/C24H28ClN5O2S/c1-16-12-18(14-19(13-16)30-8-6-29(7-9-30)10-11-31)27-24-26-15-21(33-24)23(32)28-22-17(2)4-3-5-20(22)25/h3-5,12-15,31H,6-11H2,1-2H3,(H,26,27)(H,28,32). The van der Waals surface area contributed by atoms with Crippen LogP contribution >= 0.6 is 22.9 Å². The highest BCUT2D eigenvalue weighted by Crippen LogP contribution is 2.30. The number of thiazole rings is 1. The molecule has 0 spiro atoms. The van der Waals surface area contributed by atoms with Crippen LogP contribution in [0.2, 0.25) is 5.02 Å². The number of nitrogens with zero attached hydrogens (tertiary/aromatic N) is 3. The summed E-state index contributed by atoms with van der Waals surface area (Å²) in [4.78, 5) is 22.2. The molecule has 1 aromatic heterocycles. The Morgan fingerprint density at radius 1 is 1.18 bits per heavy atom. The Balaban J connectivity index is 1.43. The van der Waals surface area contributed by atoms with E-state index in [9.17, 15) is 4.79 Å². The lowest BCUT2D eigenvalue weighted by molar-refractivity contribution is 0.103. The minimum atomic E-state index is -0.234. The zero-order chi connectivity index (χ0) is 23.4. The number of rotatable bonds is 7. The van der Waals surface area contributed by atoms with E-state index in [2.05, 4.69) is 50.5 Å². The van der Waals surface area contributed by atoms with Crippen LogP contribution in [0.1, 0.15) is 20.8 Å². The van der Waals surface area contributed by atoms with Crippen molar-refractivity contribution in [3.8, 4) is 0 Å². The smallest absolute Gasteiger partial charge is 0.267 e. The Morgan fingerprint density at radius 3 is 2.70 bits per heavy atom. The molecular formula is C24H28ClN5O2S. The lowest BCUT2D eigenvalue weighted by Gasteiger charge is -2.36. The van der Waals surface area contributed by atoms with Gasteiger partial charge in [-0.1, -0.05) is 35.1 Å². The Morgan fingerprint density at radius 2 is 1.97 bits per heavy atom. The molecule has 3 N–H and O–H groups in total. The fraction of sp³-hybridized carbons (Fsp3) is 0.333. The Hall–Kier alpha value is -2.65. The van der Waals surface area contributed by atoms with Crippen molar-refractivity contribution < 1.29 is 9.90 Å². The molecule has 1 fully saturated rings. The first-order chi connectivity index (χ1) is 15.9. The fourth-order valence-electron chi connectivity index (χ4n) is 3.91. The summed E-state index contributed by atoms with van der Waals surface area (Å²) in [6.45, 7) is 8.62. The summed E-state index contributed by atoms with van der Waals surface area (Å²) in [5.41, 5.74) is 4.77. The average molecular weight is 486 g/mol. The van der Waals surface area contributed by atoms with E-state index in [0.717, 1.165) is 55.2 Å². The maximum Gasteiger partial charge on any atom is 0.267 e. The minimum absolute atomic E-state index is 0.199. The molecule has 1 aliphatic heterocycles. The molecule has 2 aromatic carbocycles. The quantitative estimate of drug-likeness (QED) is 0.456. The molecule has 0 atom stereocenters. The summed E-state index contributed by atoms with van der Waals surface area (Å²) >= 11 is 7.53. The van der Waals surface area contributed by atoms with Crippen molar-refractivity contribution >= 4 is 51.0 Å². The normalized spacial score (nSPS) is 14.4. The van der Waals surface area contributed by atoms with E-state index in [4.69, 9.17) is 16.7 Å². The van der Waals surface area contributed by atoms with Gasteiger partial charge in [-0.25, -0.2) is 4.98 Å². The first-order valence-corrected chi connectivity index (χ1v) is 12.1. The van der Waals surface area contributed by atoms with Crippen LogP contribution in [0.25, 0.3) is 0 Å². The highest BCUT2D eigenvalue weighted by molar-refractivity contribution is 7.17. The Kier molecular flexibility index (Phi) is 7.49. The van der Waals surface area contributed by atoms with Gasteiger partial charge in [0.1, 0.15) is 4.88 Å². The van der Waals surface area contributed by atoms with Crippen molar-refractivity contribution in [1.82, 2.24) is 9.88 Å². The number of amides is 1. The molecule has 2 heterocycles. The van der Waals surface area contributed by atoms with Crippen molar-refractivity contribution in [1.29, 1.82) is 0 Å². The lowest BCUT2D eigenvalue weighted by atomic mass is 10.1. The Bertz CT molecular complexity index is 1110. The molecule has 0 unspecified atom stereocenters. The zero-order valence-corrected chi connectivity index (χ0v) is 20.3. The van der Waals surface area contributed by atoms with Crippen LogP contribution in [-0.2, 0) is 0 Å². The van der Waals surface area contributed by atoms with Gasteiger partial charge >= 0.3 is 0 Å². The number of β-amino-alcohol motifs (C(OH)–C–C–N with tert-alkyl or cyclic N) is 1. The molecular weight excluding hydrogens is 458 g/mol. The van der Waals surface area contributed by atoms with E-state index in [0.29, 0.717) is 20.7 Å². The minimum Gasteiger partial charge on any atom is -0.395 e. The van der Waals surface area contributed by atoms with Gasteiger partial charge in [0.15, 0.2) is 5.13 Å². The maximum atomic E-state index is 12.7. The molecule has 3 aromatic rings. The van der Waals surface area contributed by atoms with Crippen LogP contribution < -0.4 is 15.5 Å². The lowest BCUT2D eigenvalue weighted by Crippen LogP contribution is -2.47. The second-order valence-corrected chi connectivity index (χ2v) is 9.59. The van der Waals surface area contributed by atoms with Crippen molar-refractivity contribution in [2.24, 2.45) is 0 Å². The highest BCUT2D eigenvalue weighted by atomic mass is 35.5. The predicted molar refractivity (Wildman–Crippen MR) is 136 cm³/mol. The number of aliphatic hydroxyl groups is 1. The number of aryl methyl sites for hydroxylation is 2. The topological polar surface area (TPSA) is 80.7 Å². The summed E-state index contributed by atoms with van der Waals surface area (Å²) in [5.74, 6) is -0.234. The number of piperazine rings is 1. The van der Waals surface area contributed by atoms with E-state index in [1.807, 2.05) is 19.1 Å². The van der Waals surface area contributed by atoms with Crippen LogP contribution in [0.15, 0.2) is 42.6 Å². The second-order valence-electron chi connectivity index (χ2n) is 8.15. The average Bonchev–Trinajstić information content (AvgIpc) is 3.25. The van der Waals surface area contributed by atoms with Crippen LogP contribution in [0, 0.1) is 13.8 Å². The van der Waals surface area contributed by atoms with Crippen molar-refractivity contribution in [2.45, 2.75) is 13.8 Å². The van der Waals surface area contributed by atoms with Gasteiger partial charge in [-0.2, -0.15) is 0 Å². The summed E-state index contributed by atoms with van der Waals surface area (Å²) in [6.07, 6.45) is 1.58. The molecule has 174 valence electrons. The number of nitrogens with one attached hydrogen (secondary N) is 2. The number of para-hydroxylation sites is 1. The number of hydrogen-bond acceptors (Lipinski definition) is 7. The number of carbonyl (C=O) groups is 1. The largest absolute Gasteiger partial charge is 0.395 e. The van der Waals surface area contributed by atoms with Gasteiger partial charge in [0.2, 0.25) is 0 Å². The van der Waals surface area contributed by atoms with Gasteiger partial charge in [0.25, 0.3) is 5.91 Å². The first kappa shape index (κ1) is 23.5. The van der Waals surface area contributed by atoms with E-state index in [1.54, 1.807) is 12.3 Å². The number of anilines is 4. The monoisotopic (exact) mass is 485 g/mol. The van der Waals surface area contributed by atoms with Gasteiger partial charge in [-0.05, 0) is 49.2 Å². The van der Waals surface area contributed by atoms with Gasteiger partial charge in [-0.15, -0.1) is 0 Å². The first-order valence-electron chi connectivity index (χ1n) is 10.9. The molecule has 1 aliphatic rings. The summed E-state index contributed by atoms with van der Waals surface area (Å²) in [6, 6.07) is 11.9. The predicted octanol–water partition coefficient (Wildman–Crippen LogP) is 4.52. The van der Waals surface area contributed by atoms with Crippen molar-refractivity contribution in [2.75, 3.05) is 54.9 Å². The van der Waals surface area contributed by atoms with E-state index >= 15 is 0 Å². The number of carbonyl (C=O) groups excluding carboxylic acids is 1. The third kappa shape index (κ3) is 5.83. The number of halogens is 1. The molecule has 0 bridgehead atoms. The molecule has 0 radical (unpaired) electrons. The van der Waals surface area contributed by atoms with E-state index in [-0.39, 0.29) is 12.5 Å². The summed E-state index contributed by atoms with van der Waals surface area (Å²) in [5, 5.41) is 16.5. The molecule has 1 amide bonds. The molecule has 0 saturated carbocycles. The van der Waals surface area contributed by atoms with Gasteiger partial charge in [0.05, 0.1) is 23.5 Å². The molecule has 1 saturated heterocycles. The van der Waals surface area contributed by atoms with Crippen LogP contribution in [-0.4, -0.2) is 60.2 Å². The van der Waals surface area contributed by atoms with Crippen LogP contribution in [0.4, 0.5) is 22.2 Å². The SMILES string of the molecule is Cc1cc(Nc2ncc(C(=O)Nc3c(C)cccc3Cl)s2)cc(N2CCN(CCO)CC2)c1. The fourth-order valence-corrected chi connectivity index (χ4v) is 4.92. The van der Waals surface area contributed by atoms with Gasteiger partial charge in [-0.3, -0.25) is 9.69 Å². The third-order valence-electron chi connectivity index (χ3n) is 5.66. The van der Waals surface area contributed by atoms with E-state index in [1.165, 1.54) is 11.3 Å². The van der Waals surface area contributed by atoms with Crippen molar-refractivity contribution in [3.05, 3.63) is 63.6 Å².